The van der Waals surface area contributed by atoms with Crippen molar-refractivity contribution in [3.8, 4) is 0 Å². The normalized spacial score (nSPS) is 24.4. The molecule has 1 fully saturated rings. The van der Waals surface area contributed by atoms with Gasteiger partial charge in [0.05, 0.1) is 6.10 Å². The second-order valence-electron chi connectivity index (χ2n) is 5.05. The summed E-state index contributed by atoms with van der Waals surface area (Å²) in [6.45, 7) is 5.61. The van der Waals surface area contributed by atoms with E-state index < -0.39 is 23.8 Å². The van der Waals surface area contributed by atoms with E-state index in [0.29, 0.717) is 12.8 Å². The number of carbonyl (C=O) groups is 2. The molecule has 17 heavy (non-hydrogen) atoms. The van der Waals surface area contributed by atoms with Gasteiger partial charge in [-0.25, -0.2) is 9.59 Å². The molecule has 1 heterocycles. The number of aliphatic carboxylic acids is 1. The molecular weight excluding hydrogens is 226 g/mol. The zero-order valence-corrected chi connectivity index (χ0v) is 10.4. The lowest BCUT2D eigenvalue weighted by atomic mass is 10.2. The van der Waals surface area contributed by atoms with Crippen molar-refractivity contribution in [3.05, 3.63) is 0 Å². The summed E-state index contributed by atoms with van der Waals surface area (Å²) in [6.07, 6.45) is -0.396. The van der Waals surface area contributed by atoms with Gasteiger partial charge in [-0.05, 0) is 33.6 Å². The highest BCUT2D eigenvalue weighted by Gasteiger charge is 2.30. The van der Waals surface area contributed by atoms with Gasteiger partial charge >= 0.3 is 12.1 Å². The van der Waals surface area contributed by atoms with Gasteiger partial charge in [-0.1, -0.05) is 0 Å². The van der Waals surface area contributed by atoms with Crippen LogP contribution in [0.25, 0.3) is 0 Å². The molecule has 1 aliphatic heterocycles. The van der Waals surface area contributed by atoms with E-state index in [-0.39, 0.29) is 12.6 Å². The van der Waals surface area contributed by atoms with E-state index in [0.717, 1.165) is 0 Å². The molecule has 6 heteroatoms. The molecule has 0 aromatic carbocycles. The van der Waals surface area contributed by atoms with Crippen LogP contribution in [0.2, 0.25) is 0 Å². The van der Waals surface area contributed by atoms with E-state index >= 15 is 0 Å². The first kappa shape index (κ1) is 13.8. The molecule has 0 bridgehead atoms. The predicted molar refractivity (Wildman–Crippen MR) is 59.8 cm³/mol. The second-order valence-corrected chi connectivity index (χ2v) is 5.05. The van der Waals surface area contributed by atoms with Crippen LogP contribution in [0.5, 0.6) is 0 Å². The van der Waals surface area contributed by atoms with Crippen LogP contribution in [0.15, 0.2) is 0 Å². The van der Waals surface area contributed by atoms with E-state index in [1.807, 2.05) is 0 Å². The summed E-state index contributed by atoms with van der Waals surface area (Å²) in [7, 11) is 0. The van der Waals surface area contributed by atoms with Crippen molar-refractivity contribution in [1.82, 2.24) is 5.32 Å². The van der Waals surface area contributed by atoms with E-state index in [9.17, 15) is 9.59 Å². The van der Waals surface area contributed by atoms with Crippen LogP contribution >= 0.6 is 0 Å². The van der Waals surface area contributed by atoms with Crippen molar-refractivity contribution in [3.63, 3.8) is 0 Å². The fraction of sp³-hybridized carbons (Fsp3) is 0.818. The van der Waals surface area contributed by atoms with Gasteiger partial charge in [-0.15, -0.1) is 0 Å². The number of carboxylic acids is 1. The van der Waals surface area contributed by atoms with Crippen molar-refractivity contribution in [2.75, 3.05) is 6.54 Å². The topological polar surface area (TPSA) is 84.9 Å². The quantitative estimate of drug-likeness (QED) is 0.779. The maximum Gasteiger partial charge on any atom is 0.407 e. The number of ether oxygens (including phenoxy) is 2. The van der Waals surface area contributed by atoms with Gasteiger partial charge in [0.25, 0.3) is 0 Å². The van der Waals surface area contributed by atoms with Crippen LogP contribution < -0.4 is 5.32 Å². The summed E-state index contributed by atoms with van der Waals surface area (Å²) in [5.41, 5.74) is -0.537. The Morgan fingerprint density at radius 1 is 1.41 bits per heavy atom. The highest BCUT2D eigenvalue weighted by atomic mass is 16.6. The summed E-state index contributed by atoms with van der Waals surface area (Å²) in [5, 5.41) is 11.3. The molecule has 98 valence electrons. The Balaban J connectivity index is 2.24. The fourth-order valence-corrected chi connectivity index (χ4v) is 1.55. The van der Waals surface area contributed by atoms with E-state index in [1.165, 1.54) is 0 Å². The molecule has 1 saturated heterocycles. The Labute approximate surface area is 100 Å². The molecule has 0 radical (unpaired) electrons. The Kier molecular flexibility index (Phi) is 4.34. The van der Waals surface area contributed by atoms with Gasteiger partial charge in [0, 0.05) is 6.54 Å². The van der Waals surface area contributed by atoms with Crippen LogP contribution in [0.3, 0.4) is 0 Å². The summed E-state index contributed by atoms with van der Waals surface area (Å²) in [6, 6.07) is 0. The number of carbonyl (C=O) groups excluding carboxylic acids is 1. The number of hydrogen-bond donors (Lipinski definition) is 2. The molecule has 1 rings (SSSR count). The van der Waals surface area contributed by atoms with Gasteiger partial charge in [-0.2, -0.15) is 0 Å². The lowest BCUT2D eigenvalue weighted by molar-refractivity contribution is -0.149. The number of carboxylic acid groups (broad SMARTS) is 1. The molecule has 0 saturated carbocycles. The van der Waals surface area contributed by atoms with Gasteiger partial charge in [0.1, 0.15) is 5.60 Å². The molecule has 0 aliphatic carbocycles. The summed E-state index contributed by atoms with van der Waals surface area (Å²) >= 11 is 0. The third-order valence-corrected chi connectivity index (χ3v) is 2.26. The Bertz CT molecular complexity index is 297. The number of hydrogen-bond acceptors (Lipinski definition) is 4. The lowest BCUT2D eigenvalue weighted by Gasteiger charge is -2.20. The first-order chi connectivity index (χ1) is 7.78. The second kappa shape index (κ2) is 5.35. The average molecular weight is 245 g/mol. The van der Waals surface area contributed by atoms with E-state index in [1.54, 1.807) is 20.8 Å². The molecule has 0 aromatic rings. The molecule has 0 spiro atoms. The zero-order valence-electron chi connectivity index (χ0n) is 10.4. The van der Waals surface area contributed by atoms with Gasteiger partial charge in [0.15, 0.2) is 6.10 Å². The van der Waals surface area contributed by atoms with Gasteiger partial charge < -0.3 is 19.9 Å². The maximum atomic E-state index is 11.3. The smallest absolute Gasteiger partial charge is 0.407 e. The lowest BCUT2D eigenvalue weighted by Crippen LogP contribution is -2.37. The fourth-order valence-electron chi connectivity index (χ4n) is 1.55. The maximum absolute atomic E-state index is 11.3. The number of alkyl carbamates (subject to hydrolysis) is 1. The van der Waals surface area contributed by atoms with Crippen molar-refractivity contribution in [1.29, 1.82) is 0 Å². The van der Waals surface area contributed by atoms with Crippen molar-refractivity contribution in [2.24, 2.45) is 0 Å². The van der Waals surface area contributed by atoms with E-state index in [2.05, 4.69) is 5.32 Å². The standard InChI is InChI=1S/C11H19NO5/c1-11(2,3)17-10(15)12-6-7-4-5-8(16-7)9(13)14/h7-8H,4-6H2,1-3H3,(H,12,15)(H,13,14)/t7-,8+/m1/s1. The van der Waals surface area contributed by atoms with Crippen LogP contribution in [0, 0.1) is 0 Å². The third kappa shape index (κ3) is 5.04. The zero-order chi connectivity index (χ0) is 13.1. The highest BCUT2D eigenvalue weighted by Crippen LogP contribution is 2.19. The van der Waals surface area contributed by atoms with Crippen molar-refractivity contribution < 1.29 is 24.2 Å². The van der Waals surface area contributed by atoms with Crippen LogP contribution in [-0.2, 0) is 14.3 Å². The van der Waals surface area contributed by atoms with E-state index in [4.69, 9.17) is 14.6 Å². The highest BCUT2D eigenvalue weighted by molar-refractivity contribution is 5.72. The molecule has 0 unspecified atom stereocenters. The number of amides is 1. The first-order valence-electron chi connectivity index (χ1n) is 5.63. The van der Waals surface area contributed by atoms with Crippen LogP contribution in [0.1, 0.15) is 33.6 Å². The van der Waals surface area contributed by atoms with Crippen molar-refractivity contribution >= 4 is 12.1 Å². The minimum Gasteiger partial charge on any atom is -0.479 e. The number of nitrogens with one attached hydrogen (secondary N) is 1. The minimum absolute atomic E-state index is 0.247. The summed E-state index contributed by atoms with van der Waals surface area (Å²) in [4.78, 5) is 22.0. The Hall–Kier alpha value is -1.30. The van der Waals surface area contributed by atoms with Gasteiger partial charge in [-0.3, -0.25) is 0 Å². The largest absolute Gasteiger partial charge is 0.479 e. The minimum atomic E-state index is -0.954. The molecule has 2 N–H and O–H groups in total. The predicted octanol–water partition coefficient (Wildman–Crippen LogP) is 1.14. The molecule has 6 nitrogen and oxygen atoms in total. The SMILES string of the molecule is CC(C)(C)OC(=O)NC[C@H]1CC[C@@H](C(=O)O)O1. The first-order valence-corrected chi connectivity index (χ1v) is 5.63. The van der Waals surface area contributed by atoms with Crippen molar-refractivity contribution in [2.45, 2.75) is 51.4 Å². The van der Waals surface area contributed by atoms with Gasteiger partial charge in [0.2, 0.25) is 0 Å². The summed E-state index contributed by atoms with van der Waals surface area (Å²) < 4.78 is 10.3. The molecule has 1 amide bonds. The molecule has 2 atom stereocenters. The monoisotopic (exact) mass is 245 g/mol. The van der Waals surface area contributed by atoms with Crippen LogP contribution in [0.4, 0.5) is 4.79 Å². The molecule has 1 aliphatic rings. The summed E-state index contributed by atoms with van der Waals surface area (Å²) in [5.74, 6) is -0.954. The third-order valence-electron chi connectivity index (χ3n) is 2.26. The molecule has 0 aromatic heterocycles. The van der Waals surface area contributed by atoms with Crippen LogP contribution in [-0.4, -0.2) is 41.5 Å². The number of rotatable bonds is 3. The Morgan fingerprint density at radius 2 is 2.06 bits per heavy atom. The average Bonchev–Trinajstić information content (AvgIpc) is 2.60. The Morgan fingerprint density at radius 3 is 2.53 bits per heavy atom. The molecular formula is C11H19NO5.